The van der Waals surface area contributed by atoms with Crippen LogP contribution in [0, 0.1) is 34.4 Å². The van der Waals surface area contributed by atoms with Gasteiger partial charge in [-0.3, -0.25) is 0 Å². The fourth-order valence-corrected chi connectivity index (χ4v) is 3.27. The second-order valence-electron chi connectivity index (χ2n) is 7.24. The molecule has 1 fully saturated rings. The van der Waals surface area contributed by atoms with Crippen molar-refractivity contribution >= 4 is 5.69 Å². The molecular weight excluding hydrogens is 263 g/mol. The van der Waals surface area contributed by atoms with Crippen LogP contribution in [0.1, 0.15) is 52.0 Å². The van der Waals surface area contributed by atoms with E-state index in [2.05, 4.69) is 26.1 Å². The molecule has 0 atom stereocenters. The molecule has 21 heavy (non-hydrogen) atoms. The first kappa shape index (κ1) is 15.8. The van der Waals surface area contributed by atoms with Gasteiger partial charge in [0, 0.05) is 6.54 Å². The SMILES string of the molecule is CC(C)(C)C1CCC(CNc2cccc(F)c2C#N)CC1. The smallest absolute Gasteiger partial charge is 0.143 e. The maximum absolute atomic E-state index is 13.5. The molecule has 0 spiro atoms. The minimum absolute atomic E-state index is 0.126. The van der Waals surface area contributed by atoms with Crippen LogP contribution in [0.2, 0.25) is 0 Å². The van der Waals surface area contributed by atoms with E-state index in [0.717, 1.165) is 12.5 Å². The largest absolute Gasteiger partial charge is 0.384 e. The van der Waals surface area contributed by atoms with Gasteiger partial charge in [0.1, 0.15) is 17.4 Å². The summed E-state index contributed by atoms with van der Waals surface area (Å²) in [4.78, 5) is 0. The highest BCUT2D eigenvalue weighted by atomic mass is 19.1. The van der Waals surface area contributed by atoms with E-state index in [-0.39, 0.29) is 5.56 Å². The normalized spacial score (nSPS) is 22.6. The Labute approximate surface area is 127 Å². The van der Waals surface area contributed by atoms with Crippen molar-refractivity contribution < 1.29 is 4.39 Å². The lowest BCUT2D eigenvalue weighted by Gasteiger charge is -2.37. The number of hydrogen-bond donors (Lipinski definition) is 1. The highest BCUT2D eigenvalue weighted by Gasteiger charge is 2.29. The molecule has 1 N–H and O–H groups in total. The fraction of sp³-hybridized carbons (Fsp3) is 0.611. The van der Waals surface area contributed by atoms with Crippen LogP contribution in [0.15, 0.2) is 18.2 Å². The van der Waals surface area contributed by atoms with Crippen molar-refractivity contribution in [1.82, 2.24) is 0 Å². The first-order valence-electron chi connectivity index (χ1n) is 7.84. The lowest BCUT2D eigenvalue weighted by Crippen LogP contribution is -2.28. The lowest BCUT2D eigenvalue weighted by molar-refractivity contribution is 0.153. The summed E-state index contributed by atoms with van der Waals surface area (Å²) in [5, 5.41) is 12.3. The maximum atomic E-state index is 13.5. The molecule has 2 rings (SSSR count). The molecule has 1 aliphatic rings. The Morgan fingerprint density at radius 2 is 1.90 bits per heavy atom. The van der Waals surface area contributed by atoms with Gasteiger partial charge in [-0.25, -0.2) is 4.39 Å². The van der Waals surface area contributed by atoms with Crippen molar-refractivity contribution in [3.05, 3.63) is 29.6 Å². The zero-order valence-electron chi connectivity index (χ0n) is 13.2. The molecule has 114 valence electrons. The Morgan fingerprint density at radius 3 is 2.48 bits per heavy atom. The topological polar surface area (TPSA) is 35.8 Å². The van der Waals surface area contributed by atoms with Gasteiger partial charge in [-0.05, 0) is 55.1 Å². The summed E-state index contributed by atoms with van der Waals surface area (Å²) in [5.74, 6) is 0.981. The Morgan fingerprint density at radius 1 is 1.24 bits per heavy atom. The minimum atomic E-state index is -0.445. The summed E-state index contributed by atoms with van der Waals surface area (Å²) in [6, 6.07) is 6.70. The second kappa shape index (κ2) is 6.47. The minimum Gasteiger partial charge on any atom is -0.384 e. The van der Waals surface area contributed by atoms with Gasteiger partial charge in [-0.2, -0.15) is 5.26 Å². The molecule has 0 unspecified atom stereocenters. The van der Waals surface area contributed by atoms with Gasteiger partial charge in [-0.1, -0.05) is 26.8 Å². The quantitative estimate of drug-likeness (QED) is 0.853. The molecule has 0 aromatic heterocycles. The average molecular weight is 288 g/mol. The van der Waals surface area contributed by atoms with Crippen molar-refractivity contribution in [3.8, 4) is 6.07 Å². The third kappa shape index (κ3) is 3.97. The molecule has 1 saturated carbocycles. The van der Waals surface area contributed by atoms with Crippen LogP contribution in [-0.4, -0.2) is 6.54 Å². The van der Waals surface area contributed by atoms with E-state index < -0.39 is 5.82 Å². The lowest BCUT2D eigenvalue weighted by atomic mass is 9.70. The van der Waals surface area contributed by atoms with Crippen LogP contribution >= 0.6 is 0 Å². The van der Waals surface area contributed by atoms with Crippen LogP contribution < -0.4 is 5.32 Å². The highest BCUT2D eigenvalue weighted by Crippen LogP contribution is 2.39. The predicted octanol–water partition coefficient (Wildman–Crippen LogP) is 4.96. The Hall–Kier alpha value is -1.56. The average Bonchev–Trinajstić information content (AvgIpc) is 2.44. The van der Waals surface area contributed by atoms with Crippen LogP contribution in [0.4, 0.5) is 10.1 Å². The number of nitrogens with one attached hydrogen (secondary N) is 1. The maximum Gasteiger partial charge on any atom is 0.143 e. The van der Waals surface area contributed by atoms with Crippen LogP contribution in [0.25, 0.3) is 0 Å². The third-order valence-corrected chi connectivity index (χ3v) is 4.78. The molecule has 0 heterocycles. The highest BCUT2D eigenvalue weighted by molar-refractivity contribution is 5.57. The van der Waals surface area contributed by atoms with Gasteiger partial charge in [0.05, 0.1) is 5.69 Å². The van der Waals surface area contributed by atoms with Crippen molar-refractivity contribution in [2.24, 2.45) is 17.3 Å². The van der Waals surface area contributed by atoms with Gasteiger partial charge in [0.25, 0.3) is 0 Å². The van der Waals surface area contributed by atoms with Gasteiger partial charge < -0.3 is 5.32 Å². The van der Waals surface area contributed by atoms with Crippen LogP contribution in [-0.2, 0) is 0 Å². The second-order valence-corrected chi connectivity index (χ2v) is 7.24. The Balaban J connectivity index is 1.89. The fourth-order valence-electron chi connectivity index (χ4n) is 3.27. The molecule has 0 radical (unpaired) electrons. The van der Waals surface area contributed by atoms with Gasteiger partial charge in [-0.15, -0.1) is 0 Å². The van der Waals surface area contributed by atoms with E-state index in [1.54, 1.807) is 12.1 Å². The zero-order valence-corrected chi connectivity index (χ0v) is 13.2. The molecule has 0 saturated heterocycles. The van der Waals surface area contributed by atoms with Crippen molar-refractivity contribution in [1.29, 1.82) is 5.26 Å². The number of rotatable bonds is 3. The number of nitriles is 1. The summed E-state index contributed by atoms with van der Waals surface area (Å²) in [5.41, 5.74) is 1.14. The molecule has 1 aromatic rings. The summed E-state index contributed by atoms with van der Waals surface area (Å²) in [6.07, 6.45) is 4.96. The number of anilines is 1. The molecule has 1 aromatic carbocycles. The molecular formula is C18H25FN2. The molecule has 3 heteroatoms. The van der Waals surface area contributed by atoms with E-state index in [4.69, 9.17) is 5.26 Å². The Kier molecular flexibility index (Phi) is 4.88. The first-order chi connectivity index (χ1) is 9.91. The number of hydrogen-bond acceptors (Lipinski definition) is 2. The van der Waals surface area contributed by atoms with Gasteiger partial charge >= 0.3 is 0 Å². The van der Waals surface area contributed by atoms with Gasteiger partial charge in [0.2, 0.25) is 0 Å². The third-order valence-electron chi connectivity index (χ3n) is 4.78. The van der Waals surface area contributed by atoms with E-state index in [1.165, 1.54) is 31.7 Å². The zero-order chi connectivity index (χ0) is 15.5. The number of benzene rings is 1. The molecule has 0 bridgehead atoms. The summed E-state index contributed by atoms with van der Waals surface area (Å²) in [7, 11) is 0. The number of halogens is 1. The summed E-state index contributed by atoms with van der Waals surface area (Å²) in [6.45, 7) is 7.79. The van der Waals surface area contributed by atoms with Gasteiger partial charge in [0.15, 0.2) is 0 Å². The first-order valence-corrected chi connectivity index (χ1v) is 7.84. The molecule has 0 amide bonds. The monoisotopic (exact) mass is 288 g/mol. The molecule has 2 nitrogen and oxygen atoms in total. The van der Waals surface area contributed by atoms with Crippen molar-refractivity contribution in [3.63, 3.8) is 0 Å². The van der Waals surface area contributed by atoms with E-state index in [0.29, 0.717) is 17.0 Å². The van der Waals surface area contributed by atoms with Crippen LogP contribution in [0.3, 0.4) is 0 Å². The summed E-state index contributed by atoms with van der Waals surface area (Å²) < 4.78 is 13.5. The van der Waals surface area contributed by atoms with E-state index in [9.17, 15) is 4.39 Å². The predicted molar refractivity (Wildman–Crippen MR) is 84.5 cm³/mol. The standard InChI is InChI=1S/C18H25FN2/c1-18(2,3)14-9-7-13(8-10-14)12-21-17-6-4-5-16(19)15(17)11-20/h4-6,13-14,21H,7-10,12H2,1-3H3. The number of nitrogens with zero attached hydrogens (tertiary/aromatic N) is 1. The van der Waals surface area contributed by atoms with E-state index in [1.807, 2.05) is 6.07 Å². The molecule has 0 aliphatic heterocycles. The summed E-state index contributed by atoms with van der Waals surface area (Å²) >= 11 is 0. The van der Waals surface area contributed by atoms with Crippen LogP contribution in [0.5, 0.6) is 0 Å². The van der Waals surface area contributed by atoms with Crippen molar-refractivity contribution in [2.45, 2.75) is 46.5 Å². The van der Waals surface area contributed by atoms with E-state index >= 15 is 0 Å². The van der Waals surface area contributed by atoms with Crippen molar-refractivity contribution in [2.75, 3.05) is 11.9 Å². The Bertz CT molecular complexity index is 517. The molecule has 1 aliphatic carbocycles.